The quantitative estimate of drug-likeness (QED) is 0.473. The molecule has 2 aromatic carbocycles. The minimum atomic E-state index is -1.00. The number of nitrogens with zero attached hydrogens (tertiary/aromatic N) is 2. The number of carbonyl (C=O) groups is 3. The zero-order valence-corrected chi connectivity index (χ0v) is 18.9. The molecule has 1 heterocycles. The molecule has 3 aromatic rings. The Morgan fingerprint density at radius 3 is 2.32 bits per heavy atom. The molecule has 2 amide bonds. The monoisotopic (exact) mass is 462 g/mol. The van der Waals surface area contributed by atoms with Gasteiger partial charge in [-0.05, 0) is 29.2 Å². The Morgan fingerprint density at radius 2 is 1.71 bits per heavy atom. The number of rotatable bonds is 8. The Labute approximate surface area is 196 Å². The maximum absolute atomic E-state index is 12.5. The lowest BCUT2D eigenvalue weighted by Gasteiger charge is -2.15. The van der Waals surface area contributed by atoms with Gasteiger partial charge < -0.3 is 20.5 Å². The maximum Gasteiger partial charge on any atom is 0.407 e. The van der Waals surface area contributed by atoms with Crippen molar-refractivity contribution in [1.29, 1.82) is 0 Å². The standard InChI is InChI=1S/C25H26N4O5/c1-15(11-23(30)31)28-24(32)20-12-27-29(2)22(20)13-26-25(33)34-14-21-18-9-5-3-7-16(18)17-8-4-6-10-19(17)21/h3-10,12,15,21H,11,13-14H2,1-2H3,(H,26,33)(H,28,32)(H,30,31)/t15-/m1/s1. The number of alkyl carbamates (subject to hydrolysis) is 1. The lowest BCUT2D eigenvalue weighted by Crippen LogP contribution is -2.35. The third-order valence-electron chi connectivity index (χ3n) is 5.91. The van der Waals surface area contributed by atoms with Crippen LogP contribution in [0.3, 0.4) is 0 Å². The molecule has 1 aliphatic carbocycles. The molecule has 9 heteroatoms. The molecule has 9 nitrogen and oxygen atoms in total. The van der Waals surface area contributed by atoms with Gasteiger partial charge in [-0.15, -0.1) is 0 Å². The summed E-state index contributed by atoms with van der Waals surface area (Å²) in [6.07, 6.45) is 0.588. The molecule has 3 N–H and O–H groups in total. The molecule has 0 aliphatic heterocycles. The van der Waals surface area contributed by atoms with Gasteiger partial charge in [0.1, 0.15) is 6.61 Å². The lowest BCUT2D eigenvalue weighted by molar-refractivity contribution is -0.137. The van der Waals surface area contributed by atoms with E-state index in [1.807, 2.05) is 36.4 Å². The molecule has 0 spiro atoms. The zero-order valence-electron chi connectivity index (χ0n) is 18.9. The van der Waals surface area contributed by atoms with Crippen LogP contribution in [0.4, 0.5) is 4.79 Å². The van der Waals surface area contributed by atoms with E-state index >= 15 is 0 Å². The van der Waals surface area contributed by atoms with Gasteiger partial charge in [0.25, 0.3) is 5.91 Å². The van der Waals surface area contributed by atoms with Crippen molar-refractivity contribution < 1.29 is 24.2 Å². The van der Waals surface area contributed by atoms with Crippen LogP contribution in [-0.2, 0) is 23.1 Å². The Kier molecular flexibility index (Phi) is 6.62. The number of carbonyl (C=O) groups excluding carboxylic acids is 2. The van der Waals surface area contributed by atoms with Crippen molar-refractivity contribution in [2.24, 2.45) is 7.05 Å². The highest BCUT2D eigenvalue weighted by Crippen LogP contribution is 2.44. The van der Waals surface area contributed by atoms with Crippen molar-refractivity contribution in [3.8, 4) is 11.1 Å². The highest BCUT2D eigenvalue weighted by molar-refractivity contribution is 5.95. The number of carboxylic acids is 1. The number of aryl methyl sites for hydroxylation is 1. The van der Waals surface area contributed by atoms with Crippen molar-refractivity contribution >= 4 is 18.0 Å². The fourth-order valence-corrected chi connectivity index (χ4v) is 4.28. The van der Waals surface area contributed by atoms with Gasteiger partial charge in [0.15, 0.2) is 0 Å². The summed E-state index contributed by atoms with van der Waals surface area (Å²) in [5.41, 5.74) is 5.28. The van der Waals surface area contributed by atoms with Gasteiger partial charge in [0.2, 0.25) is 0 Å². The number of hydrogen-bond acceptors (Lipinski definition) is 5. The molecule has 176 valence electrons. The average Bonchev–Trinajstić information content (AvgIpc) is 3.33. The van der Waals surface area contributed by atoms with E-state index < -0.39 is 24.0 Å². The normalized spacial score (nSPS) is 13.0. The largest absolute Gasteiger partial charge is 0.481 e. The van der Waals surface area contributed by atoms with E-state index in [0.717, 1.165) is 22.3 Å². The average molecular weight is 463 g/mol. The van der Waals surface area contributed by atoms with Crippen LogP contribution in [0.1, 0.15) is 46.4 Å². The Morgan fingerprint density at radius 1 is 1.09 bits per heavy atom. The smallest absolute Gasteiger partial charge is 0.407 e. The zero-order chi connectivity index (χ0) is 24.2. The van der Waals surface area contributed by atoms with E-state index in [2.05, 4.69) is 27.9 Å². The number of carboxylic acid groups (broad SMARTS) is 1. The minimum Gasteiger partial charge on any atom is -0.481 e. The first-order valence-corrected chi connectivity index (χ1v) is 11.0. The van der Waals surface area contributed by atoms with Crippen LogP contribution >= 0.6 is 0 Å². The van der Waals surface area contributed by atoms with Gasteiger partial charge in [-0.3, -0.25) is 14.3 Å². The summed E-state index contributed by atoms with van der Waals surface area (Å²) >= 11 is 0. The first-order valence-electron chi connectivity index (χ1n) is 11.0. The Hall–Kier alpha value is -4.14. The summed E-state index contributed by atoms with van der Waals surface area (Å²) < 4.78 is 7.03. The maximum atomic E-state index is 12.5. The van der Waals surface area contributed by atoms with E-state index in [9.17, 15) is 14.4 Å². The van der Waals surface area contributed by atoms with Gasteiger partial charge >= 0.3 is 12.1 Å². The van der Waals surface area contributed by atoms with Crippen LogP contribution in [-0.4, -0.2) is 45.5 Å². The Bertz CT molecular complexity index is 1190. The van der Waals surface area contributed by atoms with Crippen LogP contribution in [0.2, 0.25) is 0 Å². The fourth-order valence-electron chi connectivity index (χ4n) is 4.28. The molecule has 0 radical (unpaired) electrons. The predicted octanol–water partition coefficient (Wildman–Crippen LogP) is 3.05. The molecule has 4 rings (SSSR count). The topological polar surface area (TPSA) is 123 Å². The molecule has 1 atom stereocenters. The van der Waals surface area contributed by atoms with Crippen LogP contribution < -0.4 is 10.6 Å². The molecule has 1 aliphatic rings. The summed E-state index contributed by atoms with van der Waals surface area (Å²) in [4.78, 5) is 35.9. The first-order chi connectivity index (χ1) is 16.3. The van der Waals surface area contributed by atoms with Crippen LogP contribution in [0, 0.1) is 0 Å². The lowest BCUT2D eigenvalue weighted by atomic mass is 9.98. The summed E-state index contributed by atoms with van der Waals surface area (Å²) in [5, 5.41) is 18.3. The molecule has 0 bridgehead atoms. The minimum absolute atomic E-state index is 0.0310. The fraction of sp³-hybridized carbons (Fsp3) is 0.280. The third-order valence-corrected chi connectivity index (χ3v) is 5.91. The van der Waals surface area contributed by atoms with Crippen molar-refractivity contribution in [2.75, 3.05) is 6.61 Å². The molecule has 1 aromatic heterocycles. The van der Waals surface area contributed by atoms with Gasteiger partial charge in [0.05, 0.1) is 30.4 Å². The highest BCUT2D eigenvalue weighted by atomic mass is 16.5. The van der Waals surface area contributed by atoms with E-state index in [1.54, 1.807) is 14.0 Å². The van der Waals surface area contributed by atoms with Gasteiger partial charge in [-0.2, -0.15) is 5.10 Å². The summed E-state index contributed by atoms with van der Waals surface area (Å²) in [7, 11) is 1.66. The number of amides is 2. The molecule has 0 fully saturated rings. The number of aromatic nitrogens is 2. The number of fused-ring (bicyclic) bond motifs is 3. The van der Waals surface area contributed by atoms with Crippen molar-refractivity contribution in [2.45, 2.75) is 31.8 Å². The van der Waals surface area contributed by atoms with Crippen LogP contribution in [0.15, 0.2) is 54.7 Å². The molecule has 34 heavy (non-hydrogen) atoms. The van der Waals surface area contributed by atoms with E-state index in [1.165, 1.54) is 10.9 Å². The SMILES string of the molecule is C[C@H](CC(=O)O)NC(=O)c1cnn(C)c1CNC(=O)OCC1c2ccccc2-c2ccccc21. The van der Waals surface area contributed by atoms with E-state index in [0.29, 0.717) is 5.69 Å². The second-order valence-electron chi connectivity index (χ2n) is 8.28. The summed E-state index contributed by atoms with van der Waals surface area (Å²) in [5.74, 6) is -1.51. The molecule has 0 saturated carbocycles. The van der Waals surface area contributed by atoms with Crippen LogP contribution in [0.5, 0.6) is 0 Å². The first kappa shape index (κ1) is 23.0. The van der Waals surface area contributed by atoms with Gasteiger partial charge in [-0.25, -0.2) is 4.79 Å². The number of nitrogens with one attached hydrogen (secondary N) is 2. The van der Waals surface area contributed by atoms with Crippen LogP contribution in [0.25, 0.3) is 11.1 Å². The molecule has 0 saturated heterocycles. The molecule has 0 unspecified atom stereocenters. The summed E-state index contributed by atoms with van der Waals surface area (Å²) in [6, 6.07) is 15.6. The van der Waals surface area contributed by atoms with Crippen molar-refractivity contribution in [3.63, 3.8) is 0 Å². The number of ether oxygens (including phenoxy) is 1. The second-order valence-corrected chi connectivity index (χ2v) is 8.28. The van der Waals surface area contributed by atoms with E-state index in [-0.39, 0.29) is 31.1 Å². The second kappa shape index (κ2) is 9.78. The number of benzene rings is 2. The van der Waals surface area contributed by atoms with Gasteiger partial charge in [-0.1, -0.05) is 48.5 Å². The van der Waals surface area contributed by atoms with Gasteiger partial charge in [0, 0.05) is 19.0 Å². The number of aliphatic carboxylic acids is 1. The van der Waals surface area contributed by atoms with Crippen molar-refractivity contribution in [1.82, 2.24) is 20.4 Å². The molecular weight excluding hydrogens is 436 g/mol. The Balaban J connectivity index is 1.37. The van der Waals surface area contributed by atoms with Crippen molar-refractivity contribution in [3.05, 3.63) is 77.1 Å². The molecular formula is C25H26N4O5. The predicted molar refractivity (Wildman–Crippen MR) is 124 cm³/mol. The highest BCUT2D eigenvalue weighted by Gasteiger charge is 2.29. The number of hydrogen-bond donors (Lipinski definition) is 3. The van der Waals surface area contributed by atoms with E-state index in [4.69, 9.17) is 9.84 Å². The third kappa shape index (κ3) is 4.78. The summed E-state index contributed by atoms with van der Waals surface area (Å²) in [6.45, 7) is 1.82.